The summed E-state index contributed by atoms with van der Waals surface area (Å²) in [5, 5.41) is 2.23. The molecule has 3 rings (SSSR count). The molecule has 0 atom stereocenters. The number of urea groups is 1. The smallest absolute Gasteiger partial charge is 0.335 e. The summed E-state index contributed by atoms with van der Waals surface area (Å²) in [5.41, 5.74) is 2.50. The Morgan fingerprint density at radius 3 is 2.62 bits per heavy atom. The van der Waals surface area contributed by atoms with Crippen molar-refractivity contribution >= 4 is 45.5 Å². The van der Waals surface area contributed by atoms with Gasteiger partial charge in [-0.15, -0.1) is 6.42 Å². The maximum absolute atomic E-state index is 13.0. The second-order valence-corrected chi connectivity index (χ2v) is 7.28. The number of anilines is 1. The fourth-order valence-corrected chi connectivity index (χ4v) is 3.36. The number of nitrogens with one attached hydrogen (secondary N) is 1. The largest absolute Gasteiger partial charge is 0.480 e. The molecule has 29 heavy (non-hydrogen) atoms. The monoisotopic (exact) mass is 452 g/mol. The molecular formula is C22H17BrN2O4. The first-order valence-corrected chi connectivity index (χ1v) is 9.45. The highest BCUT2D eigenvalue weighted by atomic mass is 79.9. The van der Waals surface area contributed by atoms with Gasteiger partial charge in [0.2, 0.25) is 0 Å². The van der Waals surface area contributed by atoms with Crippen LogP contribution in [-0.2, 0) is 9.59 Å². The number of nitrogens with zero attached hydrogens (tertiary/aromatic N) is 1. The Hall–Kier alpha value is -3.37. The van der Waals surface area contributed by atoms with E-state index in [-0.39, 0.29) is 12.2 Å². The minimum Gasteiger partial charge on any atom is -0.480 e. The fraction of sp³-hybridized carbons (Fsp3) is 0.136. The second kappa shape index (κ2) is 8.33. The lowest BCUT2D eigenvalue weighted by atomic mass is 10.0. The number of terminal acetylenes is 1. The molecule has 2 aromatic rings. The predicted molar refractivity (Wildman–Crippen MR) is 113 cm³/mol. The highest BCUT2D eigenvalue weighted by molar-refractivity contribution is 9.10. The van der Waals surface area contributed by atoms with Crippen molar-refractivity contribution < 1.29 is 19.1 Å². The van der Waals surface area contributed by atoms with Crippen molar-refractivity contribution in [1.29, 1.82) is 0 Å². The number of carbonyl (C=O) groups excluding carboxylic acids is 3. The van der Waals surface area contributed by atoms with E-state index >= 15 is 0 Å². The summed E-state index contributed by atoms with van der Waals surface area (Å²) in [6.07, 6.45) is 6.62. The first kappa shape index (κ1) is 20.4. The minimum atomic E-state index is -0.773. The standard InChI is InChI=1S/C22H17BrN2O4/c1-4-9-29-19-8-7-15(12-17(19)23)11-16-20(26)24-22(28)25(21(16)27)18-10-13(2)5-6-14(18)3/h1,5-8,10-12H,9H2,2-3H3,(H,24,26,28)/b16-11+. The van der Waals surface area contributed by atoms with Crippen LogP contribution in [0.4, 0.5) is 10.5 Å². The number of aryl methyl sites for hydroxylation is 2. The van der Waals surface area contributed by atoms with E-state index < -0.39 is 17.8 Å². The number of imide groups is 2. The number of hydrogen-bond acceptors (Lipinski definition) is 4. The molecule has 1 heterocycles. The van der Waals surface area contributed by atoms with E-state index in [1.165, 1.54) is 6.08 Å². The summed E-state index contributed by atoms with van der Waals surface area (Å²) in [5.74, 6) is 1.49. The summed E-state index contributed by atoms with van der Waals surface area (Å²) < 4.78 is 6.00. The van der Waals surface area contributed by atoms with Gasteiger partial charge >= 0.3 is 6.03 Å². The maximum atomic E-state index is 13.0. The van der Waals surface area contributed by atoms with E-state index in [1.54, 1.807) is 31.2 Å². The zero-order chi connectivity index (χ0) is 21.1. The van der Waals surface area contributed by atoms with Crippen molar-refractivity contribution in [1.82, 2.24) is 5.32 Å². The molecule has 7 heteroatoms. The summed E-state index contributed by atoms with van der Waals surface area (Å²) in [6.45, 7) is 3.77. The summed E-state index contributed by atoms with van der Waals surface area (Å²) in [7, 11) is 0. The van der Waals surface area contributed by atoms with Crippen molar-refractivity contribution in [3.05, 3.63) is 63.1 Å². The molecule has 0 spiro atoms. The van der Waals surface area contributed by atoms with Gasteiger partial charge in [0, 0.05) is 0 Å². The van der Waals surface area contributed by atoms with Gasteiger partial charge in [-0.05, 0) is 70.7 Å². The molecule has 0 bridgehead atoms. The van der Waals surface area contributed by atoms with Gasteiger partial charge in [-0.2, -0.15) is 0 Å². The summed E-state index contributed by atoms with van der Waals surface area (Å²) in [6, 6.07) is 9.71. The van der Waals surface area contributed by atoms with E-state index in [4.69, 9.17) is 11.2 Å². The Morgan fingerprint density at radius 1 is 1.17 bits per heavy atom. The number of barbiturate groups is 1. The normalized spacial score (nSPS) is 15.3. The summed E-state index contributed by atoms with van der Waals surface area (Å²) >= 11 is 3.38. The Kier molecular flexibility index (Phi) is 5.85. The number of amides is 4. The Bertz CT molecular complexity index is 1100. The van der Waals surface area contributed by atoms with Crippen LogP contribution >= 0.6 is 15.9 Å². The lowest BCUT2D eigenvalue weighted by Gasteiger charge is -2.27. The van der Waals surface area contributed by atoms with Crippen LogP contribution in [0.5, 0.6) is 5.75 Å². The molecule has 4 amide bonds. The van der Waals surface area contributed by atoms with Crippen LogP contribution in [0.15, 0.2) is 46.4 Å². The van der Waals surface area contributed by atoms with Gasteiger partial charge in [-0.25, -0.2) is 9.69 Å². The summed E-state index contributed by atoms with van der Waals surface area (Å²) in [4.78, 5) is 38.7. The number of hydrogen-bond donors (Lipinski definition) is 1. The number of ether oxygens (including phenoxy) is 1. The van der Waals surface area contributed by atoms with Crippen LogP contribution in [0.1, 0.15) is 16.7 Å². The van der Waals surface area contributed by atoms with E-state index in [9.17, 15) is 14.4 Å². The van der Waals surface area contributed by atoms with Gasteiger partial charge in [0.05, 0.1) is 10.2 Å². The van der Waals surface area contributed by atoms with E-state index in [0.717, 1.165) is 16.0 Å². The van der Waals surface area contributed by atoms with Gasteiger partial charge in [0.15, 0.2) is 0 Å². The molecule has 6 nitrogen and oxygen atoms in total. The van der Waals surface area contributed by atoms with Gasteiger partial charge < -0.3 is 4.74 Å². The number of benzene rings is 2. The molecule has 1 saturated heterocycles. The zero-order valence-corrected chi connectivity index (χ0v) is 17.4. The Balaban J connectivity index is 1.99. The lowest BCUT2D eigenvalue weighted by Crippen LogP contribution is -2.54. The van der Waals surface area contributed by atoms with Crippen molar-refractivity contribution in [3.8, 4) is 18.1 Å². The van der Waals surface area contributed by atoms with Gasteiger partial charge in [0.1, 0.15) is 17.9 Å². The van der Waals surface area contributed by atoms with Crippen LogP contribution in [0.3, 0.4) is 0 Å². The molecule has 1 N–H and O–H groups in total. The van der Waals surface area contributed by atoms with E-state index in [0.29, 0.717) is 21.5 Å². The third-order valence-electron chi connectivity index (χ3n) is 4.29. The quantitative estimate of drug-likeness (QED) is 0.435. The maximum Gasteiger partial charge on any atom is 0.335 e. The number of rotatable bonds is 4. The Labute approximate surface area is 176 Å². The van der Waals surface area contributed by atoms with Gasteiger partial charge in [0.25, 0.3) is 11.8 Å². The van der Waals surface area contributed by atoms with Crippen molar-refractivity contribution in [3.63, 3.8) is 0 Å². The molecule has 2 aromatic carbocycles. The highest BCUT2D eigenvalue weighted by Crippen LogP contribution is 2.29. The average Bonchev–Trinajstić information content (AvgIpc) is 2.67. The minimum absolute atomic E-state index is 0.118. The van der Waals surface area contributed by atoms with Crippen LogP contribution in [0, 0.1) is 26.2 Å². The zero-order valence-electron chi connectivity index (χ0n) is 15.8. The molecule has 146 valence electrons. The molecule has 1 aliphatic heterocycles. The number of halogens is 1. The van der Waals surface area contributed by atoms with Crippen molar-refractivity contribution in [2.24, 2.45) is 0 Å². The van der Waals surface area contributed by atoms with Crippen LogP contribution < -0.4 is 15.0 Å². The Morgan fingerprint density at radius 2 is 1.93 bits per heavy atom. The highest BCUT2D eigenvalue weighted by Gasteiger charge is 2.37. The average molecular weight is 453 g/mol. The molecule has 0 radical (unpaired) electrons. The van der Waals surface area contributed by atoms with Crippen LogP contribution in [0.2, 0.25) is 0 Å². The van der Waals surface area contributed by atoms with Crippen LogP contribution in [0.25, 0.3) is 6.08 Å². The molecule has 0 unspecified atom stereocenters. The van der Waals surface area contributed by atoms with Crippen molar-refractivity contribution in [2.75, 3.05) is 11.5 Å². The molecule has 1 aliphatic rings. The van der Waals surface area contributed by atoms with Gasteiger partial charge in [-0.1, -0.05) is 24.1 Å². The first-order valence-electron chi connectivity index (χ1n) is 8.66. The topological polar surface area (TPSA) is 75.7 Å². The SMILES string of the molecule is C#CCOc1ccc(/C=C2\C(=O)NC(=O)N(c3cc(C)ccc3C)C2=O)cc1Br. The molecular weight excluding hydrogens is 436 g/mol. The van der Waals surface area contributed by atoms with E-state index in [2.05, 4.69) is 27.2 Å². The molecule has 0 saturated carbocycles. The third kappa shape index (κ3) is 4.23. The molecule has 0 aliphatic carbocycles. The van der Waals surface area contributed by atoms with Crippen LogP contribution in [-0.4, -0.2) is 24.5 Å². The number of carbonyl (C=O) groups is 3. The van der Waals surface area contributed by atoms with E-state index in [1.807, 2.05) is 19.1 Å². The molecule has 1 fully saturated rings. The van der Waals surface area contributed by atoms with Crippen molar-refractivity contribution in [2.45, 2.75) is 13.8 Å². The first-order chi connectivity index (χ1) is 13.8. The molecule has 0 aromatic heterocycles. The van der Waals surface area contributed by atoms with Gasteiger partial charge in [-0.3, -0.25) is 14.9 Å². The second-order valence-electron chi connectivity index (χ2n) is 6.43. The fourth-order valence-electron chi connectivity index (χ4n) is 2.85. The lowest BCUT2D eigenvalue weighted by molar-refractivity contribution is -0.122. The predicted octanol–water partition coefficient (Wildman–Crippen LogP) is 3.74. The third-order valence-corrected chi connectivity index (χ3v) is 4.90.